The summed E-state index contributed by atoms with van der Waals surface area (Å²) in [4.78, 5) is 4.95. The Kier molecular flexibility index (Phi) is 2.88. The molecule has 0 atom stereocenters. The molecule has 1 radical (unpaired) electrons. The van der Waals surface area contributed by atoms with Crippen LogP contribution in [-0.4, -0.2) is 22.3 Å². The van der Waals surface area contributed by atoms with Gasteiger partial charge in [0.1, 0.15) is 6.26 Å². The lowest BCUT2D eigenvalue weighted by Crippen LogP contribution is -2.44. The number of thiocarbonyl (C=S) groups is 1. The van der Waals surface area contributed by atoms with Crippen molar-refractivity contribution in [2.75, 3.05) is 6.54 Å². The monoisotopic (exact) mass is 170 g/mol. The minimum Gasteiger partial charge on any atom is -0.373 e. The SMILES string of the molecule is C=CCN([C]=S)N1NC=CO1. The molecule has 1 rings (SSSR count). The first-order valence-corrected chi connectivity index (χ1v) is 3.43. The number of hydrogen-bond donors (Lipinski definition) is 1. The molecule has 0 saturated carbocycles. The van der Waals surface area contributed by atoms with Gasteiger partial charge >= 0.3 is 0 Å². The summed E-state index contributed by atoms with van der Waals surface area (Å²) >= 11 is 4.61. The van der Waals surface area contributed by atoms with E-state index in [2.05, 4.69) is 29.7 Å². The first-order chi connectivity index (χ1) is 5.38. The Morgan fingerprint density at radius 2 is 2.73 bits per heavy atom. The van der Waals surface area contributed by atoms with Crippen molar-refractivity contribution >= 4 is 17.7 Å². The van der Waals surface area contributed by atoms with Crippen molar-refractivity contribution in [2.45, 2.75) is 0 Å². The maximum Gasteiger partial charge on any atom is 0.157 e. The molecule has 0 unspecified atom stereocenters. The van der Waals surface area contributed by atoms with E-state index in [0.717, 1.165) is 0 Å². The minimum absolute atomic E-state index is 0.554. The Morgan fingerprint density at radius 3 is 3.18 bits per heavy atom. The number of hydrazine groups is 2. The highest BCUT2D eigenvalue weighted by atomic mass is 32.1. The summed E-state index contributed by atoms with van der Waals surface area (Å²) in [6, 6.07) is 0. The molecule has 0 aliphatic carbocycles. The quantitative estimate of drug-likeness (QED) is 0.375. The Balaban J connectivity index is 2.41. The van der Waals surface area contributed by atoms with E-state index in [1.165, 1.54) is 16.6 Å². The van der Waals surface area contributed by atoms with E-state index in [1.807, 2.05) is 0 Å². The molecule has 4 nitrogen and oxygen atoms in total. The normalized spacial score (nSPS) is 15.3. The van der Waals surface area contributed by atoms with Crippen molar-refractivity contribution in [1.29, 1.82) is 0 Å². The Bertz CT molecular complexity index is 175. The zero-order chi connectivity index (χ0) is 8.10. The zero-order valence-electron chi connectivity index (χ0n) is 5.86. The van der Waals surface area contributed by atoms with Crippen LogP contribution in [0.25, 0.3) is 0 Å². The van der Waals surface area contributed by atoms with Gasteiger partial charge in [-0.25, -0.2) is 5.01 Å². The Hall–Kier alpha value is -1.07. The van der Waals surface area contributed by atoms with E-state index in [0.29, 0.717) is 6.54 Å². The average molecular weight is 170 g/mol. The molecule has 0 aromatic rings. The third kappa shape index (κ3) is 1.92. The topological polar surface area (TPSA) is 27.7 Å². The molecule has 0 aromatic carbocycles. The summed E-state index contributed by atoms with van der Waals surface area (Å²) in [5.41, 5.74) is 5.26. The second-order valence-electron chi connectivity index (χ2n) is 1.77. The number of rotatable bonds is 4. The molecule has 0 saturated heterocycles. The van der Waals surface area contributed by atoms with Gasteiger partial charge in [0.15, 0.2) is 5.49 Å². The zero-order valence-corrected chi connectivity index (χ0v) is 6.67. The van der Waals surface area contributed by atoms with Gasteiger partial charge in [-0.3, -0.25) is 5.43 Å². The maximum atomic E-state index is 4.95. The lowest BCUT2D eigenvalue weighted by molar-refractivity contribution is -0.223. The van der Waals surface area contributed by atoms with Crippen LogP contribution in [0.3, 0.4) is 0 Å². The highest BCUT2D eigenvalue weighted by Crippen LogP contribution is 1.99. The highest BCUT2D eigenvalue weighted by molar-refractivity contribution is 7.78. The third-order valence-corrected chi connectivity index (χ3v) is 1.25. The maximum absolute atomic E-state index is 4.95. The fourth-order valence-corrected chi connectivity index (χ4v) is 0.759. The van der Waals surface area contributed by atoms with Crippen LogP contribution in [0.2, 0.25) is 0 Å². The molecule has 1 aliphatic rings. The Morgan fingerprint density at radius 1 is 1.91 bits per heavy atom. The van der Waals surface area contributed by atoms with Gasteiger partial charge < -0.3 is 4.84 Å². The van der Waals surface area contributed by atoms with Crippen LogP contribution in [0.4, 0.5) is 0 Å². The third-order valence-electron chi connectivity index (χ3n) is 1.04. The second kappa shape index (κ2) is 3.95. The van der Waals surface area contributed by atoms with Gasteiger partial charge in [-0.15, -0.1) is 6.58 Å². The molecule has 0 amide bonds. The average Bonchev–Trinajstić information content (AvgIpc) is 2.52. The van der Waals surface area contributed by atoms with Crippen molar-refractivity contribution < 1.29 is 4.84 Å². The van der Waals surface area contributed by atoms with E-state index in [4.69, 9.17) is 4.84 Å². The van der Waals surface area contributed by atoms with Crippen LogP contribution in [0.5, 0.6) is 0 Å². The van der Waals surface area contributed by atoms with Crippen molar-refractivity contribution in [2.24, 2.45) is 0 Å². The van der Waals surface area contributed by atoms with Crippen LogP contribution >= 0.6 is 12.2 Å². The van der Waals surface area contributed by atoms with E-state index in [9.17, 15) is 0 Å². The summed E-state index contributed by atoms with van der Waals surface area (Å²) in [7, 11) is 0. The van der Waals surface area contributed by atoms with Gasteiger partial charge in [-0.05, 0) is 0 Å². The molecule has 1 heterocycles. The minimum atomic E-state index is 0.554. The summed E-state index contributed by atoms with van der Waals surface area (Å²) in [6.07, 6.45) is 4.84. The first kappa shape index (κ1) is 8.03. The highest BCUT2D eigenvalue weighted by Gasteiger charge is 2.12. The molecule has 0 aromatic heterocycles. The van der Waals surface area contributed by atoms with Gasteiger partial charge in [0.2, 0.25) is 0 Å². The van der Waals surface area contributed by atoms with Gasteiger partial charge in [-0.2, -0.15) is 0 Å². The molecule has 59 valence electrons. The summed E-state index contributed by atoms with van der Waals surface area (Å²) in [5.74, 6) is 0. The van der Waals surface area contributed by atoms with E-state index < -0.39 is 0 Å². The van der Waals surface area contributed by atoms with Crippen LogP contribution in [-0.2, 0) is 4.84 Å². The standard InChI is InChI=1S/C6H8N3OS/c1-2-4-8(6-11)9-7-3-5-10-9/h2-3,5,7H,1,4H2. The second-order valence-corrected chi connectivity index (χ2v) is 1.95. The molecule has 0 spiro atoms. The van der Waals surface area contributed by atoms with Crippen molar-refractivity contribution in [3.05, 3.63) is 25.1 Å². The van der Waals surface area contributed by atoms with E-state index >= 15 is 0 Å². The van der Waals surface area contributed by atoms with E-state index in [1.54, 1.807) is 12.3 Å². The summed E-state index contributed by atoms with van der Waals surface area (Å²) in [6.45, 7) is 4.12. The number of nitrogens with one attached hydrogen (secondary N) is 1. The molecule has 1 aliphatic heterocycles. The predicted octanol–water partition coefficient (Wildman–Crippen LogP) is 0.447. The number of nitrogens with zero attached hydrogens (tertiary/aromatic N) is 2. The van der Waals surface area contributed by atoms with Crippen molar-refractivity contribution in [3.63, 3.8) is 0 Å². The first-order valence-electron chi connectivity index (χ1n) is 3.02. The van der Waals surface area contributed by atoms with Gasteiger partial charge in [0.05, 0.1) is 12.7 Å². The van der Waals surface area contributed by atoms with Crippen molar-refractivity contribution in [3.8, 4) is 0 Å². The van der Waals surface area contributed by atoms with Crippen LogP contribution < -0.4 is 5.43 Å². The van der Waals surface area contributed by atoms with Crippen LogP contribution in [0.1, 0.15) is 0 Å². The molecule has 5 heteroatoms. The Labute approximate surface area is 70.6 Å². The molecule has 1 N–H and O–H groups in total. The van der Waals surface area contributed by atoms with Crippen LogP contribution in [0.15, 0.2) is 25.1 Å². The van der Waals surface area contributed by atoms with Gasteiger partial charge in [-0.1, -0.05) is 18.3 Å². The largest absolute Gasteiger partial charge is 0.373 e. The lowest BCUT2D eigenvalue weighted by Gasteiger charge is -2.24. The summed E-state index contributed by atoms with van der Waals surface area (Å²) < 4.78 is 0. The molecular formula is C6H8N3OS. The molecule has 0 bridgehead atoms. The smallest absolute Gasteiger partial charge is 0.157 e. The molecule has 11 heavy (non-hydrogen) atoms. The number of hydrogen-bond acceptors (Lipinski definition) is 4. The molecule has 0 fully saturated rings. The molecular weight excluding hydrogens is 162 g/mol. The fraction of sp³-hybridized carbons (Fsp3) is 0.167. The van der Waals surface area contributed by atoms with Gasteiger partial charge in [0, 0.05) is 5.28 Å². The summed E-state index contributed by atoms with van der Waals surface area (Å²) in [5, 5.41) is 2.89. The van der Waals surface area contributed by atoms with Crippen molar-refractivity contribution in [1.82, 2.24) is 15.7 Å². The fourth-order valence-electron chi connectivity index (χ4n) is 0.610. The van der Waals surface area contributed by atoms with Crippen LogP contribution in [0, 0.1) is 0 Å². The predicted molar refractivity (Wildman–Crippen MR) is 44.7 cm³/mol. The van der Waals surface area contributed by atoms with Gasteiger partial charge in [0.25, 0.3) is 0 Å². The lowest BCUT2D eigenvalue weighted by atomic mass is 10.6. The van der Waals surface area contributed by atoms with E-state index in [-0.39, 0.29) is 0 Å².